The van der Waals surface area contributed by atoms with Crippen molar-refractivity contribution in [3.8, 4) is 5.75 Å². The number of benzene rings is 2. The lowest BCUT2D eigenvalue weighted by atomic mass is 10.1. The van der Waals surface area contributed by atoms with Crippen LogP contribution in [0, 0.1) is 27.7 Å². The number of hydrogen-bond acceptors (Lipinski definition) is 4. The summed E-state index contributed by atoms with van der Waals surface area (Å²) in [6.07, 6.45) is 0. The Bertz CT molecular complexity index is 822. The number of rotatable bonds is 7. The molecule has 1 fully saturated rings. The van der Waals surface area contributed by atoms with Crippen molar-refractivity contribution in [3.05, 3.63) is 58.7 Å². The molecule has 0 bridgehead atoms. The molecule has 0 aromatic heterocycles. The van der Waals surface area contributed by atoms with E-state index in [1.807, 2.05) is 19.1 Å². The molecule has 29 heavy (non-hydrogen) atoms. The van der Waals surface area contributed by atoms with Crippen LogP contribution in [0.1, 0.15) is 22.3 Å². The van der Waals surface area contributed by atoms with Crippen molar-refractivity contribution >= 4 is 11.6 Å². The van der Waals surface area contributed by atoms with Crippen LogP contribution in [0.3, 0.4) is 0 Å². The van der Waals surface area contributed by atoms with Gasteiger partial charge in [0.05, 0.1) is 6.54 Å². The maximum atomic E-state index is 12.4. The van der Waals surface area contributed by atoms with Crippen molar-refractivity contribution in [2.45, 2.75) is 27.7 Å². The molecule has 0 unspecified atom stereocenters. The summed E-state index contributed by atoms with van der Waals surface area (Å²) in [5.74, 6) is 1.01. The van der Waals surface area contributed by atoms with Crippen LogP contribution < -0.4 is 10.1 Å². The number of anilines is 1. The monoisotopic (exact) mass is 395 g/mol. The minimum Gasteiger partial charge on any atom is -0.492 e. The van der Waals surface area contributed by atoms with Crippen molar-refractivity contribution < 1.29 is 9.53 Å². The normalized spacial score (nSPS) is 15.3. The molecule has 0 spiro atoms. The van der Waals surface area contributed by atoms with E-state index >= 15 is 0 Å². The predicted molar refractivity (Wildman–Crippen MR) is 119 cm³/mol. The van der Waals surface area contributed by atoms with Gasteiger partial charge in [-0.3, -0.25) is 14.6 Å². The van der Waals surface area contributed by atoms with E-state index in [9.17, 15) is 4.79 Å². The van der Waals surface area contributed by atoms with Crippen LogP contribution >= 0.6 is 0 Å². The molecule has 1 aliphatic rings. The van der Waals surface area contributed by atoms with Crippen LogP contribution in [0.5, 0.6) is 5.75 Å². The van der Waals surface area contributed by atoms with Gasteiger partial charge in [0.25, 0.3) is 0 Å². The van der Waals surface area contributed by atoms with E-state index in [0.29, 0.717) is 13.2 Å². The molecule has 0 atom stereocenters. The lowest BCUT2D eigenvalue weighted by Crippen LogP contribution is -2.49. The Labute approximate surface area is 174 Å². The molecule has 1 aliphatic heterocycles. The van der Waals surface area contributed by atoms with E-state index < -0.39 is 0 Å². The van der Waals surface area contributed by atoms with E-state index in [2.05, 4.69) is 60.2 Å². The Hall–Kier alpha value is -2.37. The number of ether oxygens (including phenoxy) is 1. The summed E-state index contributed by atoms with van der Waals surface area (Å²) < 4.78 is 5.93. The summed E-state index contributed by atoms with van der Waals surface area (Å²) in [5.41, 5.74) is 5.70. The molecule has 1 saturated heterocycles. The number of piperazine rings is 1. The maximum absolute atomic E-state index is 12.4. The number of carbonyl (C=O) groups is 1. The van der Waals surface area contributed by atoms with Crippen molar-refractivity contribution in [2.75, 3.05) is 51.2 Å². The van der Waals surface area contributed by atoms with Gasteiger partial charge in [-0.15, -0.1) is 0 Å². The second-order valence-corrected chi connectivity index (χ2v) is 8.09. The summed E-state index contributed by atoms with van der Waals surface area (Å²) in [6, 6.07) is 12.3. The van der Waals surface area contributed by atoms with Crippen LogP contribution in [-0.2, 0) is 4.79 Å². The standard InChI is InChI=1S/C24H33N3O2/c1-18-14-19(2)16-22(15-18)29-13-12-26-8-10-27(11-9-26)17-24(28)25-23-7-5-6-20(3)21(23)4/h5-7,14-16H,8-13,17H2,1-4H3,(H,25,28). The summed E-state index contributed by atoms with van der Waals surface area (Å²) >= 11 is 0. The molecule has 0 radical (unpaired) electrons. The van der Waals surface area contributed by atoms with Gasteiger partial charge in [-0.05, 0) is 68.1 Å². The number of aryl methyl sites for hydroxylation is 3. The zero-order chi connectivity index (χ0) is 20.8. The third kappa shape index (κ3) is 6.31. The summed E-state index contributed by atoms with van der Waals surface area (Å²) in [7, 11) is 0. The first-order valence-corrected chi connectivity index (χ1v) is 10.4. The molecule has 5 nitrogen and oxygen atoms in total. The van der Waals surface area contributed by atoms with E-state index in [1.165, 1.54) is 16.7 Å². The third-order valence-corrected chi connectivity index (χ3v) is 5.58. The highest BCUT2D eigenvalue weighted by Crippen LogP contribution is 2.18. The fourth-order valence-electron chi connectivity index (χ4n) is 3.76. The van der Waals surface area contributed by atoms with E-state index in [1.54, 1.807) is 0 Å². The van der Waals surface area contributed by atoms with Gasteiger partial charge in [0.2, 0.25) is 5.91 Å². The van der Waals surface area contributed by atoms with Crippen LogP contribution in [0.25, 0.3) is 0 Å². The highest BCUT2D eigenvalue weighted by Gasteiger charge is 2.19. The lowest BCUT2D eigenvalue weighted by Gasteiger charge is -2.34. The van der Waals surface area contributed by atoms with E-state index in [-0.39, 0.29) is 5.91 Å². The van der Waals surface area contributed by atoms with Crippen LogP contribution in [0.2, 0.25) is 0 Å². The SMILES string of the molecule is Cc1cc(C)cc(OCCN2CCN(CC(=O)Nc3cccc(C)c3C)CC2)c1. The Morgan fingerprint density at radius 3 is 2.31 bits per heavy atom. The van der Waals surface area contributed by atoms with Crippen molar-refractivity contribution in [3.63, 3.8) is 0 Å². The molecule has 1 heterocycles. The zero-order valence-electron chi connectivity index (χ0n) is 18.1. The molecule has 156 valence electrons. The molecular weight excluding hydrogens is 362 g/mol. The van der Waals surface area contributed by atoms with Gasteiger partial charge in [0, 0.05) is 38.4 Å². The highest BCUT2D eigenvalue weighted by molar-refractivity contribution is 5.93. The summed E-state index contributed by atoms with van der Waals surface area (Å²) in [5, 5.41) is 3.06. The van der Waals surface area contributed by atoms with Crippen molar-refractivity contribution in [1.29, 1.82) is 0 Å². The summed E-state index contributed by atoms with van der Waals surface area (Å²) in [6.45, 7) is 14.1. The minimum atomic E-state index is 0.0605. The second kappa shape index (κ2) is 9.90. The number of carbonyl (C=O) groups excluding carboxylic acids is 1. The van der Waals surface area contributed by atoms with Gasteiger partial charge in [0.1, 0.15) is 12.4 Å². The third-order valence-electron chi connectivity index (χ3n) is 5.58. The minimum absolute atomic E-state index is 0.0605. The van der Waals surface area contributed by atoms with Crippen LogP contribution in [0.15, 0.2) is 36.4 Å². The number of amides is 1. The van der Waals surface area contributed by atoms with Gasteiger partial charge in [-0.2, -0.15) is 0 Å². The Morgan fingerprint density at radius 1 is 0.966 bits per heavy atom. The van der Waals surface area contributed by atoms with Crippen molar-refractivity contribution in [2.24, 2.45) is 0 Å². The smallest absolute Gasteiger partial charge is 0.238 e. The molecule has 1 amide bonds. The van der Waals surface area contributed by atoms with E-state index in [0.717, 1.165) is 49.7 Å². The molecule has 2 aromatic carbocycles. The Morgan fingerprint density at radius 2 is 1.62 bits per heavy atom. The molecular formula is C24H33N3O2. The maximum Gasteiger partial charge on any atom is 0.238 e. The van der Waals surface area contributed by atoms with Crippen LogP contribution in [-0.4, -0.2) is 61.6 Å². The van der Waals surface area contributed by atoms with E-state index in [4.69, 9.17) is 4.74 Å². The number of nitrogens with zero attached hydrogens (tertiary/aromatic N) is 2. The summed E-state index contributed by atoms with van der Waals surface area (Å²) in [4.78, 5) is 17.1. The fourth-order valence-corrected chi connectivity index (χ4v) is 3.76. The van der Waals surface area contributed by atoms with Crippen molar-refractivity contribution in [1.82, 2.24) is 9.80 Å². The number of hydrogen-bond donors (Lipinski definition) is 1. The molecule has 0 aliphatic carbocycles. The molecule has 0 saturated carbocycles. The lowest BCUT2D eigenvalue weighted by molar-refractivity contribution is -0.117. The van der Waals surface area contributed by atoms with Gasteiger partial charge >= 0.3 is 0 Å². The zero-order valence-corrected chi connectivity index (χ0v) is 18.1. The first-order chi connectivity index (χ1) is 13.9. The average Bonchev–Trinajstić information content (AvgIpc) is 2.66. The van der Waals surface area contributed by atoms with Gasteiger partial charge in [-0.25, -0.2) is 0 Å². The first-order valence-electron chi connectivity index (χ1n) is 10.4. The topological polar surface area (TPSA) is 44.8 Å². The van der Waals surface area contributed by atoms with Gasteiger partial charge in [-0.1, -0.05) is 18.2 Å². The Balaban J connectivity index is 1.37. The molecule has 5 heteroatoms. The molecule has 2 aromatic rings. The number of nitrogens with one attached hydrogen (secondary N) is 1. The second-order valence-electron chi connectivity index (χ2n) is 8.09. The largest absolute Gasteiger partial charge is 0.492 e. The predicted octanol–water partition coefficient (Wildman–Crippen LogP) is 3.56. The highest BCUT2D eigenvalue weighted by atomic mass is 16.5. The van der Waals surface area contributed by atoms with Crippen LogP contribution in [0.4, 0.5) is 5.69 Å². The van der Waals surface area contributed by atoms with Gasteiger partial charge in [0.15, 0.2) is 0 Å². The Kier molecular flexibility index (Phi) is 7.29. The fraction of sp³-hybridized carbons (Fsp3) is 0.458. The average molecular weight is 396 g/mol. The van der Waals surface area contributed by atoms with Gasteiger partial charge < -0.3 is 10.1 Å². The first kappa shape index (κ1) is 21.3. The quantitative estimate of drug-likeness (QED) is 0.779. The molecule has 1 N–H and O–H groups in total. The molecule has 3 rings (SSSR count).